The van der Waals surface area contributed by atoms with Gasteiger partial charge in [-0.05, 0) is 50.3 Å². The van der Waals surface area contributed by atoms with Crippen molar-refractivity contribution in [2.75, 3.05) is 14.1 Å². The van der Waals surface area contributed by atoms with Gasteiger partial charge in [-0.2, -0.15) is 0 Å². The Balaban J connectivity index is 2.08. The van der Waals surface area contributed by atoms with Crippen LogP contribution in [0.4, 0.5) is 0 Å². The lowest BCUT2D eigenvalue weighted by Crippen LogP contribution is -2.22. The fraction of sp³-hybridized carbons (Fsp3) is 0.312. The van der Waals surface area contributed by atoms with Gasteiger partial charge in [0, 0.05) is 25.0 Å². The summed E-state index contributed by atoms with van der Waals surface area (Å²) < 4.78 is 25.7. The molecule has 1 aromatic carbocycles. The molecule has 1 aromatic heterocycles. The molecule has 1 heterocycles. The molecule has 0 spiro atoms. The van der Waals surface area contributed by atoms with E-state index in [9.17, 15) is 8.42 Å². The van der Waals surface area contributed by atoms with Gasteiger partial charge in [-0.1, -0.05) is 18.2 Å². The lowest BCUT2D eigenvalue weighted by atomic mass is 10.1. The number of pyridine rings is 1. The summed E-state index contributed by atoms with van der Waals surface area (Å²) in [7, 11) is 0.0723. The van der Waals surface area contributed by atoms with Crippen molar-refractivity contribution in [2.24, 2.45) is 0 Å². The van der Waals surface area contributed by atoms with Crippen LogP contribution in [-0.2, 0) is 16.6 Å². The van der Waals surface area contributed by atoms with E-state index in [0.29, 0.717) is 0 Å². The molecule has 0 bridgehead atoms. The molecule has 118 valence electrons. The molecule has 0 aliphatic carbocycles. The van der Waals surface area contributed by atoms with Crippen molar-refractivity contribution >= 4 is 10.0 Å². The van der Waals surface area contributed by atoms with E-state index < -0.39 is 10.0 Å². The topological polar surface area (TPSA) is 62.3 Å². The largest absolute Gasteiger partial charge is 0.295 e. The van der Waals surface area contributed by atoms with Crippen molar-refractivity contribution in [3.05, 3.63) is 59.9 Å². The number of sulfonamides is 1. The van der Waals surface area contributed by atoms with E-state index in [0.717, 1.165) is 17.7 Å². The van der Waals surface area contributed by atoms with E-state index in [2.05, 4.69) is 27.6 Å². The van der Waals surface area contributed by atoms with Crippen LogP contribution in [0.15, 0.2) is 53.7 Å². The number of aromatic nitrogens is 1. The van der Waals surface area contributed by atoms with Crippen LogP contribution in [0.1, 0.15) is 24.1 Å². The van der Waals surface area contributed by atoms with Crippen LogP contribution >= 0.6 is 0 Å². The van der Waals surface area contributed by atoms with Gasteiger partial charge in [0.25, 0.3) is 0 Å². The molecule has 0 fully saturated rings. The van der Waals surface area contributed by atoms with Crippen LogP contribution in [-0.4, -0.2) is 32.4 Å². The Hall–Kier alpha value is -1.76. The monoisotopic (exact) mass is 319 g/mol. The number of hydrogen-bond donors (Lipinski definition) is 1. The Morgan fingerprint density at radius 3 is 2.45 bits per heavy atom. The fourth-order valence-corrected chi connectivity index (χ4v) is 2.92. The van der Waals surface area contributed by atoms with Crippen molar-refractivity contribution < 1.29 is 8.42 Å². The predicted octanol–water partition coefficient (Wildman–Crippen LogP) is 2.18. The first kappa shape index (κ1) is 16.6. The molecule has 0 aliphatic rings. The zero-order valence-corrected chi connectivity index (χ0v) is 13.8. The summed E-state index contributed by atoms with van der Waals surface area (Å²) in [4.78, 5) is 6.62. The molecule has 5 nitrogen and oxygen atoms in total. The van der Waals surface area contributed by atoms with Crippen molar-refractivity contribution in [3.63, 3.8) is 0 Å². The molecule has 2 rings (SSSR count). The first-order valence-corrected chi connectivity index (χ1v) is 8.55. The summed E-state index contributed by atoms with van der Waals surface area (Å²) in [6.07, 6.45) is 3.63. The summed E-state index contributed by atoms with van der Waals surface area (Å²) in [5.41, 5.74) is 2.22. The molecule has 0 radical (unpaired) electrons. The highest BCUT2D eigenvalue weighted by Crippen LogP contribution is 2.20. The molecule has 0 unspecified atom stereocenters. The molecular weight excluding hydrogens is 298 g/mol. The molecular formula is C16H21N3O2S. The van der Waals surface area contributed by atoms with Gasteiger partial charge in [-0.3, -0.25) is 9.88 Å². The Kier molecular flexibility index (Phi) is 5.28. The second-order valence-electron chi connectivity index (χ2n) is 5.23. The Bertz CT molecular complexity index is 700. The standard InChI is InChI=1S/C16H21N3O2S/c1-13(15-5-4-10-18-11-15)19(3)12-14-6-8-16(9-7-14)22(20,21)17-2/h4-11,13,17H,12H2,1-3H3/t13-/m0/s1. The normalized spacial score (nSPS) is 13.3. The maximum Gasteiger partial charge on any atom is 0.240 e. The first-order valence-electron chi connectivity index (χ1n) is 7.06. The molecule has 1 atom stereocenters. The lowest BCUT2D eigenvalue weighted by molar-refractivity contribution is 0.252. The Labute approximate surface area is 132 Å². The quantitative estimate of drug-likeness (QED) is 0.886. The number of benzene rings is 1. The van der Waals surface area contributed by atoms with E-state index in [1.54, 1.807) is 18.3 Å². The third kappa shape index (κ3) is 3.91. The second kappa shape index (κ2) is 7.00. The highest BCUT2D eigenvalue weighted by atomic mass is 32.2. The molecule has 22 heavy (non-hydrogen) atoms. The first-order chi connectivity index (χ1) is 10.4. The van der Waals surface area contributed by atoms with E-state index in [1.807, 2.05) is 31.4 Å². The van der Waals surface area contributed by atoms with Crippen LogP contribution in [0.2, 0.25) is 0 Å². The van der Waals surface area contributed by atoms with Crippen LogP contribution in [0.25, 0.3) is 0 Å². The number of hydrogen-bond acceptors (Lipinski definition) is 4. The van der Waals surface area contributed by atoms with Gasteiger partial charge in [0.1, 0.15) is 0 Å². The summed E-state index contributed by atoms with van der Waals surface area (Å²) in [5, 5.41) is 0. The second-order valence-corrected chi connectivity index (χ2v) is 7.12. The number of nitrogens with zero attached hydrogens (tertiary/aromatic N) is 2. The van der Waals surface area contributed by atoms with E-state index in [1.165, 1.54) is 7.05 Å². The molecule has 6 heteroatoms. The average molecular weight is 319 g/mol. The highest BCUT2D eigenvalue weighted by Gasteiger charge is 2.14. The summed E-state index contributed by atoms with van der Waals surface area (Å²) in [6.45, 7) is 2.85. The van der Waals surface area contributed by atoms with E-state index >= 15 is 0 Å². The van der Waals surface area contributed by atoms with Crippen LogP contribution in [0, 0.1) is 0 Å². The predicted molar refractivity (Wildman–Crippen MR) is 86.8 cm³/mol. The molecule has 0 aliphatic heterocycles. The zero-order chi connectivity index (χ0) is 16.2. The molecule has 0 amide bonds. The van der Waals surface area contributed by atoms with Crippen molar-refractivity contribution in [2.45, 2.75) is 24.4 Å². The van der Waals surface area contributed by atoms with Gasteiger partial charge < -0.3 is 0 Å². The summed E-state index contributed by atoms with van der Waals surface area (Å²) in [6, 6.07) is 11.2. The van der Waals surface area contributed by atoms with Crippen LogP contribution < -0.4 is 4.72 Å². The Morgan fingerprint density at radius 2 is 1.91 bits per heavy atom. The lowest BCUT2D eigenvalue weighted by Gasteiger charge is -2.25. The van der Waals surface area contributed by atoms with Gasteiger partial charge in [-0.25, -0.2) is 13.1 Å². The van der Waals surface area contributed by atoms with Gasteiger partial charge in [-0.15, -0.1) is 0 Å². The number of rotatable bonds is 6. The fourth-order valence-electron chi connectivity index (χ4n) is 2.19. The SMILES string of the molecule is CNS(=O)(=O)c1ccc(CN(C)[C@@H](C)c2cccnc2)cc1. The van der Waals surface area contributed by atoms with Crippen LogP contribution in [0.5, 0.6) is 0 Å². The minimum atomic E-state index is -3.37. The van der Waals surface area contributed by atoms with Gasteiger partial charge >= 0.3 is 0 Å². The molecule has 0 saturated heterocycles. The van der Waals surface area contributed by atoms with Crippen molar-refractivity contribution in [1.82, 2.24) is 14.6 Å². The average Bonchev–Trinajstić information content (AvgIpc) is 2.55. The van der Waals surface area contributed by atoms with E-state index in [-0.39, 0.29) is 10.9 Å². The van der Waals surface area contributed by atoms with Gasteiger partial charge in [0.2, 0.25) is 10.0 Å². The van der Waals surface area contributed by atoms with Crippen LogP contribution in [0.3, 0.4) is 0 Å². The molecule has 0 saturated carbocycles. The number of nitrogens with one attached hydrogen (secondary N) is 1. The maximum atomic E-state index is 11.7. The minimum absolute atomic E-state index is 0.231. The van der Waals surface area contributed by atoms with Gasteiger partial charge in [0.15, 0.2) is 0 Å². The molecule has 2 aromatic rings. The highest BCUT2D eigenvalue weighted by molar-refractivity contribution is 7.89. The summed E-state index contributed by atoms with van der Waals surface area (Å²) in [5.74, 6) is 0. The van der Waals surface area contributed by atoms with E-state index in [4.69, 9.17) is 0 Å². The van der Waals surface area contributed by atoms with Crippen molar-refractivity contribution in [3.8, 4) is 0 Å². The van der Waals surface area contributed by atoms with Gasteiger partial charge in [0.05, 0.1) is 4.90 Å². The zero-order valence-electron chi connectivity index (χ0n) is 13.0. The van der Waals surface area contributed by atoms with Crippen molar-refractivity contribution in [1.29, 1.82) is 0 Å². The molecule has 1 N–H and O–H groups in total. The Morgan fingerprint density at radius 1 is 1.23 bits per heavy atom. The minimum Gasteiger partial charge on any atom is -0.295 e. The maximum absolute atomic E-state index is 11.7. The summed E-state index contributed by atoms with van der Waals surface area (Å²) >= 11 is 0. The smallest absolute Gasteiger partial charge is 0.240 e. The third-order valence-corrected chi connectivity index (χ3v) is 5.19. The third-order valence-electron chi connectivity index (χ3n) is 3.76.